The molecule has 0 bridgehead atoms. The number of urea groups is 1. The molecule has 0 aliphatic rings. The van der Waals surface area contributed by atoms with E-state index in [2.05, 4.69) is 5.32 Å². The summed E-state index contributed by atoms with van der Waals surface area (Å²) in [6.07, 6.45) is -4.70. The molecule has 186 valence electrons. The van der Waals surface area contributed by atoms with E-state index in [0.29, 0.717) is 17.3 Å². The number of benzene rings is 3. The van der Waals surface area contributed by atoms with Crippen molar-refractivity contribution < 1.29 is 35.3 Å². The maximum absolute atomic E-state index is 13.0. The second kappa shape index (κ2) is 11.2. The zero-order chi connectivity index (χ0) is 25.5. The highest BCUT2D eigenvalue weighted by Crippen LogP contribution is 2.31. The van der Waals surface area contributed by atoms with Crippen molar-refractivity contribution in [1.82, 2.24) is 4.90 Å². The molecule has 0 atom stereocenters. The maximum atomic E-state index is 13.0. The van der Waals surface area contributed by atoms with Crippen molar-refractivity contribution in [3.05, 3.63) is 90.0 Å². The Morgan fingerprint density at radius 3 is 2.37 bits per heavy atom. The largest absolute Gasteiger partial charge is 0.416 e. The summed E-state index contributed by atoms with van der Waals surface area (Å²) in [6, 6.07) is 17.7. The highest BCUT2D eigenvalue weighted by Gasteiger charge is 2.32. The van der Waals surface area contributed by atoms with Gasteiger partial charge < -0.3 is 19.1 Å². The van der Waals surface area contributed by atoms with E-state index in [0.717, 1.165) is 18.2 Å². The van der Waals surface area contributed by atoms with Gasteiger partial charge in [-0.1, -0.05) is 36.4 Å². The van der Waals surface area contributed by atoms with Crippen LogP contribution in [0.25, 0.3) is 0 Å². The minimum atomic E-state index is -4.70. The number of nitrogens with one attached hydrogen (secondary N) is 1. The van der Waals surface area contributed by atoms with Crippen molar-refractivity contribution in [3.63, 3.8) is 0 Å². The molecule has 0 saturated carbocycles. The first-order valence-corrected chi connectivity index (χ1v) is 11.8. The van der Waals surface area contributed by atoms with E-state index in [-0.39, 0.29) is 25.4 Å². The number of alkyl halides is 3. The van der Waals surface area contributed by atoms with E-state index < -0.39 is 32.8 Å². The molecule has 7 nitrogen and oxygen atoms in total. The number of hydrogen-bond donors (Lipinski definition) is 1. The summed E-state index contributed by atoms with van der Waals surface area (Å²) in [7, 11) is -3.03. The third-order valence-corrected chi connectivity index (χ3v) is 6.05. The van der Waals surface area contributed by atoms with E-state index in [1.807, 2.05) is 6.07 Å². The van der Waals surface area contributed by atoms with E-state index >= 15 is 0 Å². The zero-order valence-electron chi connectivity index (χ0n) is 18.7. The van der Waals surface area contributed by atoms with Gasteiger partial charge in [-0.05, 0) is 48.0 Å². The highest BCUT2D eigenvalue weighted by molar-refractivity contribution is 7.87. The van der Waals surface area contributed by atoms with Gasteiger partial charge >= 0.3 is 22.3 Å². The third kappa shape index (κ3) is 7.46. The second-order valence-electron chi connectivity index (χ2n) is 7.42. The fourth-order valence-corrected chi connectivity index (χ4v) is 4.07. The van der Waals surface area contributed by atoms with Gasteiger partial charge in [-0.2, -0.15) is 21.6 Å². The molecule has 11 heteroatoms. The van der Waals surface area contributed by atoms with Gasteiger partial charge in [0.05, 0.1) is 12.2 Å². The summed E-state index contributed by atoms with van der Waals surface area (Å²) in [5.74, 6) is -0.102. The Morgan fingerprint density at radius 2 is 1.69 bits per heavy atom. The molecule has 0 heterocycles. The number of hydrogen-bond acceptors (Lipinski definition) is 5. The molecule has 0 aliphatic carbocycles. The molecule has 3 rings (SSSR count). The summed E-state index contributed by atoms with van der Waals surface area (Å²) in [6.45, 7) is 0.619. The first kappa shape index (κ1) is 26.0. The summed E-state index contributed by atoms with van der Waals surface area (Å²) in [4.78, 5) is 13.6. The van der Waals surface area contributed by atoms with Gasteiger partial charge in [-0.25, -0.2) is 4.79 Å². The monoisotopic (exact) mass is 508 g/mol. The molecule has 0 aromatic heterocycles. The molecule has 3 aromatic rings. The van der Waals surface area contributed by atoms with Gasteiger partial charge in [0.2, 0.25) is 0 Å². The van der Waals surface area contributed by atoms with Crippen LogP contribution in [0.3, 0.4) is 0 Å². The SMILES string of the molecule is COCCN(Cc1cccc(OS(=O)(=O)c2cccc(C(F)(F)F)c2)c1)C(=O)Nc1ccccc1. The lowest BCUT2D eigenvalue weighted by Crippen LogP contribution is -2.36. The van der Waals surface area contributed by atoms with E-state index in [9.17, 15) is 26.4 Å². The quantitative estimate of drug-likeness (QED) is 0.404. The van der Waals surface area contributed by atoms with Gasteiger partial charge in [-0.15, -0.1) is 0 Å². The number of carbonyl (C=O) groups is 1. The average Bonchev–Trinajstić information content (AvgIpc) is 2.82. The Bertz CT molecular complexity index is 1250. The molecule has 0 fully saturated rings. The van der Waals surface area contributed by atoms with Gasteiger partial charge in [0.1, 0.15) is 10.6 Å². The molecule has 0 unspecified atom stereocenters. The van der Waals surface area contributed by atoms with Crippen LogP contribution < -0.4 is 9.50 Å². The van der Waals surface area contributed by atoms with Crippen LogP contribution in [0, 0.1) is 0 Å². The smallest absolute Gasteiger partial charge is 0.383 e. The second-order valence-corrected chi connectivity index (χ2v) is 8.97. The van der Waals surface area contributed by atoms with Crippen LogP contribution in [0.15, 0.2) is 83.8 Å². The summed E-state index contributed by atoms with van der Waals surface area (Å²) in [5, 5.41) is 2.78. The topological polar surface area (TPSA) is 84.9 Å². The average molecular weight is 509 g/mol. The molecule has 0 radical (unpaired) electrons. The van der Waals surface area contributed by atoms with Crippen molar-refractivity contribution in [2.24, 2.45) is 0 Å². The molecular formula is C24H23F3N2O5S. The van der Waals surface area contributed by atoms with Crippen molar-refractivity contribution in [2.45, 2.75) is 17.6 Å². The summed E-state index contributed by atoms with van der Waals surface area (Å²) in [5.41, 5.74) is 0.0411. The standard InChI is InChI=1S/C24H23F3N2O5S/c1-33-14-13-29(23(30)28-20-9-3-2-4-10-20)17-18-7-5-11-21(15-18)34-35(31,32)22-12-6-8-19(16-22)24(25,26)27/h2-12,15-16H,13-14,17H2,1H3,(H,28,30). The van der Waals surface area contributed by atoms with Crippen LogP contribution >= 0.6 is 0 Å². The molecule has 0 saturated heterocycles. The Labute approximate surface area is 201 Å². The van der Waals surface area contributed by atoms with Crippen LogP contribution in [0.1, 0.15) is 11.1 Å². The lowest BCUT2D eigenvalue weighted by molar-refractivity contribution is -0.137. The predicted molar refractivity (Wildman–Crippen MR) is 123 cm³/mol. The molecule has 0 aliphatic heterocycles. The van der Waals surface area contributed by atoms with Crippen LogP contribution in [0.5, 0.6) is 5.75 Å². The number of methoxy groups -OCH3 is 1. The van der Waals surface area contributed by atoms with Crippen molar-refractivity contribution in [3.8, 4) is 5.75 Å². The minimum Gasteiger partial charge on any atom is -0.383 e. The Morgan fingerprint density at radius 1 is 0.971 bits per heavy atom. The summed E-state index contributed by atoms with van der Waals surface area (Å²) < 4.78 is 74.2. The number of para-hydroxylation sites is 1. The number of rotatable bonds is 9. The van der Waals surface area contributed by atoms with Crippen molar-refractivity contribution >= 4 is 21.8 Å². The number of nitrogens with zero attached hydrogens (tertiary/aromatic N) is 1. The van der Waals surface area contributed by atoms with Crippen LogP contribution in [0.2, 0.25) is 0 Å². The first-order chi connectivity index (χ1) is 16.6. The first-order valence-electron chi connectivity index (χ1n) is 10.4. The Balaban J connectivity index is 1.77. The van der Waals surface area contributed by atoms with Gasteiger partial charge in [0.25, 0.3) is 0 Å². The Kier molecular flexibility index (Phi) is 8.36. The number of halogens is 3. The fourth-order valence-electron chi connectivity index (χ4n) is 3.10. The van der Waals surface area contributed by atoms with Crippen molar-refractivity contribution in [2.75, 3.05) is 25.6 Å². The molecular weight excluding hydrogens is 485 g/mol. The number of amides is 2. The van der Waals surface area contributed by atoms with Crippen LogP contribution in [0.4, 0.5) is 23.7 Å². The number of anilines is 1. The van der Waals surface area contributed by atoms with Gasteiger partial charge in [0.15, 0.2) is 0 Å². The minimum absolute atomic E-state index is 0.100. The predicted octanol–water partition coefficient (Wildman–Crippen LogP) is 5.15. The van der Waals surface area contributed by atoms with Gasteiger partial charge in [-0.3, -0.25) is 0 Å². The van der Waals surface area contributed by atoms with E-state index in [1.165, 1.54) is 30.2 Å². The molecule has 2 amide bonds. The number of ether oxygens (including phenoxy) is 1. The summed E-state index contributed by atoms with van der Waals surface area (Å²) >= 11 is 0. The normalized spacial score (nSPS) is 11.7. The van der Waals surface area contributed by atoms with Gasteiger partial charge in [0, 0.05) is 25.9 Å². The van der Waals surface area contributed by atoms with E-state index in [4.69, 9.17) is 8.92 Å². The fraction of sp³-hybridized carbons (Fsp3) is 0.208. The van der Waals surface area contributed by atoms with E-state index in [1.54, 1.807) is 30.3 Å². The lowest BCUT2D eigenvalue weighted by Gasteiger charge is -2.23. The lowest BCUT2D eigenvalue weighted by atomic mass is 10.2. The maximum Gasteiger partial charge on any atom is 0.416 e. The molecule has 0 spiro atoms. The molecule has 3 aromatic carbocycles. The van der Waals surface area contributed by atoms with Crippen molar-refractivity contribution in [1.29, 1.82) is 0 Å². The number of carbonyl (C=O) groups excluding carboxylic acids is 1. The Hall–Kier alpha value is -3.57. The third-order valence-electron chi connectivity index (χ3n) is 4.81. The highest BCUT2D eigenvalue weighted by atomic mass is 32.2. The van der Waals surface area contributed by atoms with Crippen LogP contribution in [-0.2, 0) is 27.6 Å². The molecule has 1 N–H and O–H groups in total. The molecule has 35 heavy (non-hydrogen) atoms. The zero-order valence-corrected chi connectivity index (χ0v) is 19.5. The van der Waals surface area contributed by atoms with Crippen LogP contribution in [-0.4, -0.2) is 39.6 Å².